The molecule has 0 atom stereocenters. The van der Waals surface area contributed by atoms with Crippen LogP contribution >= 0.6 is 0 Å². The van der Waals surface area contributed by atoms with E-state index < -0.39 is 5.41 Å². The van der Waals surface area contributed by atoms with E-state index in [9.17, 15) is 0 Å². The third-order valence-electron chi connectivity index (χ3n) is 2.19. The van der Waals surface area contributed by atoms with Crippen molar-refractivity contribution in [3.05, 3.63) is 50.9 Å². The van der Waals surface area contributed by atoms with E-state index >= 15 is 0 Å². The first-order valence-corrected chi connectivity index (χ1v) is 5.74. The highest BCUT2D eigenvalue weighted by Crippen LogP contribution is 2.30. The van der Waals surface area contributed by atoms with Gasteiger partial charge in [0.15, 0.2) is 0 Å². The van der Waals surface area contributed by atoms with Gasteiger partial charge in [0.05, 0.1) is 7.11 Å². The lowest BCUT2D eigenvalue weighted by Crippen LogP contribution is -2.39. The monoisotopic (exact) mass is 304 g/mol. The van der Waals surface area contributed by atoms with Gasteiger partial charge in [-0.05, 0) is 0 Å². The second kappa shape index (κ2) is 11.8. The summed E-state index contributed by atoms with van der Waals surface area (Å²) in [4.78, 5) is 38.2. The van der Waals surface area contributed by atoms with Gasteiger partial charge in [0.1, 0.15) is 49.8 Å². The first-order valence-electron chi connectivity index (χ1n) is 5.74. The molecule has 0 heterocycles. The molecule has 0 aromatic rings. The molecule has 0 aromatic heterocycles. The molecule has 0 N–H and O–H groups in total. The highest BCUT2D eigenvalue weighted by molar-refractivity contribution is 5.03. The van der Waals surface area contributed by atoms with Crippen molar-refractivity contribution < 1.29 is 39.1 Å². The van der Waals surface area contributed by atoms with Crippen LogP contribution < -0.4 is 0 Å². The quantitative estimate of drug-likeness (QED) is 0.197. The van der Waals surface area contributed by atoms with Crippen molar-refractivity contribution in [3.63, 3.8) is 0 Å². The molecular formula is C13H20O8. The van der Waals surface area contributed by atoms with E-state index in [1.807, 2.05) is 0 Å². The molecule has 120 valence electrons. The Hall–Kier alpha value is -2.00. The molecule has 0 aromatic carbocycles. The zero-order chi connectivity index (χ0) is 16.0. The molecule has 0 aliphatic carbocycles. The van der Waals surface area contributed by atoms with Crippen molar-refractivity contribution in [1.29, 1.82) is 0 Å². The van der Waals surface area contributed by atoms with Crippen LogP contribution in [0.4, 0.5) is 0 Å². The van der Waals surface area contributed by atoms with Crippen molar-refractivity contribution in [2.24, 2.45) is 5.41 Å². The summed E-state index contributed by atoms with van der Waals surface area (Å²) in [5.41, 5.74) is -1.06. The normalized spacial score (nSPS) is 10.3. The van der Waals surface area contributed by atoms with Crippen LogP contribution in [0.15, 0.2) is 50.9 Å². The second-order valence-electron chi connectivity index (χ2n) is 3.53. The first-order chi connectivity index (χ1) is 10.2. The second-order valence-corrected chi connectivity index (χ2v) is 3.53. The average molecular weight is 304 g/mol. The summed E-state index contributed by atoms with van der Waals surface area (Å²) < 4.78 is 0. The van der Waals surface area contributed by atoms with Crippen LogP contribution in [0.5, 0.6) is 0 Å². The van der Waals surface area contributed by atoms with Gasteiger partial charge >= 0.3 is 0 Å². The van der Waals surface area contributed by atoms with E-state index in [1.54, 1.807) is 0 Å². The summed E-state index contributed by atoms with van der Waals surface area (Å²) in [5.74, 6) is 0.137. The molecule has 0 spiro atoms. The van der Waals surface area contributed by atoms with Gasteiger partial charge in [-0.2, -0.15) is 19.6 Å². The summed E-state index contributed by atoms with van der Waals surface area (Å²) in [5, 5.41) is 0. The van der Waals surface area contributed by atoms with E-state index in [0.717, 1.165) is 18.8 Å². The van der Waals surface area contributed by atoms with Crippen molar-refractivity contribution in [1.82, 2.24) is 0 Å². The Morgan fingerprint density at radius 2 is 1.24 bits per heavy atom. The maximum atomic E-state index is 4.94. The first kappa shape index (κ1) is 19.0. The molecule has 0 bridgehead atoms. The molecule has 0 amide bonds. The predicted octanol–water partition coefficient (Wildman–Crippen LogP) is 2.34. The fraction of sp³-hybridized carbons (Fsp3) is 0.385. The Morgan fingerprint density at radius 1 is 0.857 bits per heavy atom. The highest BCUT2D eigenvalue weighted by Gasteiger charge is 2.40. The van der Waals surface area contributed by atoms with Crippen LogP contribution in [0.2, 0.25) is 0 Å². The minimum atomic E-state index is -1.06. The SMILES string of the molecule is C=COOCC(COOC=C)(COOC=C)C(=C)OOC. The van der Waals surface area contributed by atoms with Gasteiger partial charge in [-0.15, -0.1) is 0 Å². The summed E-state index contributed by atoms with van der Waals surface area (Å²) in [6.45, 7) is 13.5. The third kappa shape index (κ3) is 7.37. The summed E-state index contributed by atoms with van der Waals surface area (Å²) in [6.07, 6.45) is 3.31. The fourth-order valence-corrected chi connectivity index (χ4v) is 1.14. The van der Waals surface area contributed by atoms with Crippen molar-refractivity contribution in [2.75, 3.05) is 26.9 Å². The molecule has 8 heteroatoms. The van der Waals surface area contributed by atoms with Gasteiger partial charge in [-0.1, -0.05) is 26.3 Å². The Kier molecular flexibility index (Phi) is 10.7. The lowest BCUT2D eigenvalue weighted by molar-refractivity contribution is -0.345. The summed E-state index contributed by atoms with van der Waals surface area (Å²) in [6, 6.07) is 0. The Balaban J connectivity index is 4.93. The average Bonchev–Trinajstić information content (AvgIpc) is 2.47. The van der Waals surface area contributed by atoms with Crippen LogP contribution in [0, 0.1) is 5.41 Å². The number of hydrogen-bond donors (Lipinski definition) is 0. The molecule has 0 aliphatic rings. The van der Waals surface area contributed by atoms with Gasteiger partial charge < -0.3 is 19.6 Å². The maximum Gasteiger partial charge on any atom is 0.148 e. The van der Waals surface area contributed by atoms with Gasteiger partial charge in [-0.3, -0.25) is 0 Å². The van der Waals surface area contributed by atoms with Crippen molar-refractivity contribution >= 4 is 0 Å². The molecule has 0 rings (SSSR count). The largest absolute Gasteiger partial charge is 0.346 e. The van der Waals surface area contributed by atoms with E-state index in [4.69, 9.17) is 19.6 Å². The Labute approximate surface area is 123 Å². The number of rotatable bonds is 15. The van der Waals surface area contributed by atoms with Gasteiger partial charge in [0, 0.05) is 0 Å². The topological polar surface area (TPSA) is 73.8 Å². The van der Waals surface area contributed by atoms with Crippen LogP contribution in [-0.2, 0) is 39.1 Å². The minimum absolute atomic E-state index is 0.0811. The third-order valence-corrected chi connectivity index (χ3v) is 2.19. The molecule has 0 saturated carbocycles. The van der Waals surface area contributed by atoms with Crippen LogP contribution in [-0.4, -0.2) is 26.9 Å². The van der Waals surface area contributed by atoms with Crippen LogP contribution in [0.25, 0.3) is 0 Å². The highest BCUT2D eigenvalue weighted by atomic mass is 17.2. The fourth-order valence-electron chi connectivity index (χ4n) is 1.14. The van der Waals surface area contributed by atoms with Gasteiger partial charge in [0.2, 0.25) is 0 Å². The van der Waals surface area contributed by atoms with Gasteiger partial charge in [-0.25, -0.2) is 0 Å². The lowest BCUT2D eigenvalue weighted by atomic mass is 9.89. The van der Waals surface area contributed by atoms with Crippen LogP contribution in [0.3, 0.4) is 0 Å². The zero-order valence-electron chi connectivity index (χ0n) is 11.9. The standard InChI is InChI=1S/C13H20O8/c1-6-15-18-9-13(10-19-16-7-2,11-20-17-8-3)12(4)21-14-5/h6-8H,1-4,9-11H2,5H3. The van der Waals surface area contributed by atoms with E-state index in [0.29, 0.717) is 0 Å². The number of hydrogen-bond acceptors (Lipinski definition) is 8. The van der Waals surface area contributed by atoms with E-state index in [-0.39, 0.29) is 25.6 Å². The van der Waals surface area contributed by atoms with E-state index in [2.05, 4.69) is 45.9 Å². The van der Waals surface area contributed by atoms with Gasteiger partial charge in [0.25, 0.3) is 0 Å². The van der Waals surface area contributed by atoms with E-state index in [1.165, 1.54) is 7.11 Å². The molecule has 0 aliphatic heterocycles. The van der Waals surface area contributed by atoms with Crippen molar-refractivity contribution in [2.45, 2.75) is 0 Å². The Morgan fingerprint density at radius 3 is 1.52 bits per heavy atom. The predicted molar refractivity (Wildman–Crippen MR) is 71.4 cm³/mol. The molecular weight excluding hydrogens is 284 g/mol. The zero-order valence-corrected chi connectivity index (χ0v) is 11.9. The summed E-state index contributed by atoms with van der Waals surface area (Å²) in [7, 11) is 1.32. The molecule has 21 heavy (non-hydrogen) atoms. The maximum absolute atomic E-state index is 4.94. The Bertz CT molecular complexity index is 292. The molecule has 0 radical (unpaired) electrons. The molecule has 8 nitrogen and oxygen atoms in total. The summed E-state index contributed by atoms with van der Waals surface area (Å²) >= 11 is 0. The van der Waals surface area contributed by atoms with Crippen LogP contribution in [0.1, 0.15) is 0 Å². The molecule has 0 saturated heterocycles. The smallest absolute Gasteiger partial charge is 0.148 e. The molecule has 0 fully saturated rings. The minimum Gasteiger partial charge on any atom is -0.346 e. The van der Waals surface area contributed by atoms with Crippen molar-refractivity contribution in [3.8, 4) is 0 Å². The molecule has 0 unspecified atom stereocenters. The lowest BCUT2D eigenvalue weighted by Gasteiger charge is -2.30.